The SMILES string of the molecule is CCC(CC(=O)O)Cn1nnnc1C1CCC(C)CC1. The third-order valence-electron chi connectivity index (χ3n) is 4.41. The lowest BCUT2D eigenvalue weighted by molar-refractivity contribution is -0.138. The van der Waals surface area contributed by atoms with E-state index < -0.39 is 5.97 Å². The number of tetrazole rings is 1. The summed E-state index contributed by atoms with van der Waals surface area (Å²) >= 11 is 0. The van der Waals surface area contributed by atoms with Gasteiger partial charge < -0.3 is 5.11 Å². The molecule has 1 aromatic heterocycles. The van der Waals surface area contributed by atoms with Gasteiger partial charge in [-0.1, -0.05) is 33.1 Å². The van der Waals surface area contributed by atoms with E-state index in [1.807, 2.05) is 11.6 Å². The number of carboxylic acid groups (broad SMARTS) is 1. The van der Waals surface area contributed by atoms with Crippen molar-refractivity contribution < 1.29 is 9.90 Å². The summed E-state index contributed by atoms with van der Waals surface area (Å²) in [5.41, 5.74) is 0. The quantitative estimate of drug-likeness (QED) is 0.865. The molecule has 0 amide bonds. The van der Waals surface area contributed by atoms with Gasteiger partial charge in [0, 0.05) is 18.9 Å². The molecule has 1 heterocycles. The maximum Gasteiger partial charge on any atom is 0.303 e. The second kappa shape index (κ2) is 6.81. The summed E-state index contributed by atoms with van der Waals surface area (Å²) in [7, 11) is 0. The zero-order chi connectivity index (χ0) is 14.5. The molecule has 1 aromatic rings. The van der Waals surface area contributed by atoms with E-state index in [4.69, 9.17) is 5.11 Å². The first-order valence-electron chi connectivity index (χ1n) is 7.58. The van der Waals surface area contributed by atoms with Crippen molar-refractivity contribution >= 4 is 5.97 Å². The van der Waals surface area contributed by atoms with Gasteiger partial charge in [-0.2, -0.15) is 0 Å². The maximum absolute atomic E-state index is 10.9. The topological polar surface area (TPSA) is 80.9 Å². The standard InChI is InChI=1S/C14H24N4O2/c1-3-11(8-13(19)20)9-18-14(15-16-17-18)12-6-4-10(2)5-7-12/h10-12H,3-9H2,1-2H3,(H,19,20). The molecule has 6 nitrogen and oxygen atoms in total. The van der Waals surface area contributed by atoms with E-state index in [-0.39, 0.29) is 12.3 Å². The van der Waals surface area contributed by atoms with E-state index in [2.05, 4.69) is 22.4 Å². The van der Waals surface area contributed by atoms with E-state index in [1.54, 1.807) is 0 Å². The van der Waals surface area contributed by atoms with Gasteiger partial charge in [-0.05, 0) is 35.1 Å². The van der Waals surface area contributed by atoms with Crippen LogP contribution >= 0.6 is 0 Å². The first kappa shape index (κ1) is 14.9. The Morgan fingerprint density at radius 2 is 2.10 bits per heavy atom. The molecule has 0 radical (unpaired) electrons. The third-order valence-corrected chi connectivity index (χ3v) is 4.41. The van der Waals surface area contributed by atoms with Gasteiger partial charge in [0.1, 0.15) is 0 Å². The van der Waals surface area contributed by atoms with E-state index >= 15 is 0 Å². The van der Waals surface area contributed by atoms with Crippen LogP contribution in [0.25, 0.3) is 0 Å². The van der Waals surface area contributed by atoms with E-state index in [0.717, 1.165) is 31.0 Å². The van der Waals surface area contributed by atoms with Crippen molar-refractivity contribution in [3.8, 4) is 0 Å². The van der Waals surface area contributed by atoms with E-state index in [1.165, 1.54) is 12.8 Å². The van der Waals surface area contributed by atoms with Crippen LogP contribution in [0.3, 0.4) is 0 Å². The molecule has 1 aliphatic carbocycles. The highest BCUT2D eigenvalue weighted by molar-refractivity contribution is 5.66. The summed E-state index contributed by atoms with van der Waals surface area (Å²) < 4.78 is 1.83. The molecule has 1 atom stereocenters. The Morgan fingerprint density at radius 1 is 1.40 bits per heavy atom. The Bertz CT molecular complexity index is 438. The second-order valence-corrected chi connectivity index (χ2v) is 6.05. The zero-order valence-corrected chi connectivity index (χ0v) is 12.3. The molecule has 1 N–H and O–H groups in total. The van der Waals surface area contributed by atoms with Crippen LogP contribution in [0.4, 0.5) is 0 Å². The Labute approximate surface area is 119 Å². The van der Waals surface area contributed by atoms with Gasteiger partial charge in [0.25, 0.3) is 0 Å². The highest BCUT2D eigenvalue weighted by atomic mass is 16.4. The highest BCUT2D eigenvalue weighted by Crippen LogP contribution is 2.34. The largest absolute Gasteiger partial charge is 0.481 e. The van der Waals surface area contributed by atoms with E-state index in [9.17, 15) is 4.79 Å². The molecule has 0 spiro atoms. The van der Waals surface area contributed by atoms with Gasteiger partial charge >= 0.3 is 5.97 Å². The van der Waals surface area contributed by atoms with Gasteiger partial charge in [-0.3, -0.25) is 4.79 Å². The third kappa shape index (κ3) is 3.77. The monoisotopic (exact) mass is 280 g/mol. The van der Waals surface area contributed by atoms with Gasteiger partial charge in [0.05, 0.1) is 0 Å². The highest BCUT2D eigenvalue weighted by Gasteiger charge is 2.25. The lowest BCUT2D eigenvalue weighted by atomic mass is 9.82. The smallest absolute Gasteiger partial charge is 0.303 e. The minimum absolute atomic E-state index is 0.0947. The predicted octanol–water partition coefficient (Wildman–Crippen LogP) is 2.47. The Morgan fingerprint density at radius 3 is 2.70 bits per heavy atom. The maximum atomic E-state index is 10.9. The van der Waals surface area contributed by atoms with Crippen molar-refractivity contribution in [2.24, 2.45) is 11.8 Å². The van der Waals surface area contributed by atoms with Crippen molar-refractivity contribution in [2.75, 3.05) is 0 Å². The fourth-order valence-corrected chi connectivity index (χ4v) is 2.98. The van der Waals surface area contributed by atoms with Crippen LogP contribution in [0.2, 0.25) is 0 Å². The molecule has 20 heavy (non-hydrogen) atoms. The van der Waals surface area contributed by atoms with Crippen LogP contribution in [0, 0.1) is 11.8 Å². The van der Waals surface area contributed by atoms with Crippen molar-refractivity contribution in [3.05, 3.63) is 5.82 Å². The average molecular weight is 280 g/mol. The molecular weight excluding hydrogens is 256 g/mol. The van der Waals surface area contributed by atoms with Crippen LogP contribution in [-0.2, 0) is 11.3 Å². The fourth-order valence-electron chi connectivity index (χ4n) is 2.98. The van der Waals surface area contributed by atoms with Crippen LogP contribution in [0.1, 0.15) is 64.1 Å². The first-order chi connectivity index (χ1) is 9.60. The number of carboxylic acids is 1. The molecule has 1 fully saturated rings. The number of aliphatic carboxylic acids is 1. The molecular formula is C14H24N4O2. The Kier molecular flexibility index (Phi) is 5.09. The fraction of sp³-hybridized carbons (Fsp3) is 0.857. The van der Waals surface area contributed by atoms with Crippen molar-refractivity contribution in [2.45, 2.75) is 64.8 Å². The number of hydrogen-bond acceptors (Lipinski definition) is 4. The van der Waals surface area contributed by atoms with Crippen LogP contribution < -0.4 is 0 Å². The predicted molar refractivity (Wildman–Crippen MR) is 74.2 cm³/mol. The van der Waals surface area contributed by atoms with Crippen LogP contribution in [0.15, 0.2) is 0 Å². The van der Waals surface area contributed by atoms with Gasteiger partial charge in [0.15, 0.2) is 5.82 Å². The molecule has 0 saturated heterocycles. The summed E-state index contributed by atoms with van der Waals surface area (Å²) in [6.07, 6.45) is 5.73. The molecule has 0 bridgehead atoms. The Hall–Kier alpha value is -1.46. The summed E-state index contributed by atoms with van der Waals surface area (Å²) in [6.45, 7) is 4.91. The molecule has 6 heteroatoms. The first-order valence-corrected chi connectivity index (χ1v) is 7.58. The number of hydrogen-bond donors (Lipinski definition) is 1. The van der Waals surface area contributed by atoms with Gasteiger partial charge in [0.2, 0.25) is 0 Å². The van der Waals surface area contributed by atoms with Crippen molar-refractivity contribution in [1.29, 1.82) is 0 Å². The molecule has 0 aromatic carbocycles. The van der Waals surface area contributed by atoms with Gasteiger partial charge in [-0.15, -0.1) is 5.10 Å². The lowest BCUT2D eigenvalue weighted by Crippen LogP contribution is -2.20. The molecule has 112 valence electrons. The zero-order valence-electron chi connectivity index (χ0n) is 12.3. The molecule has 1 saturated carbocycles. The average Bonchev–Trinajstić information content (AvgIpc) is 2.86. The summed E-state index contributed by atoms with van der Waals surface area (Å²) in [4.78, 5) is 10.9. The molecule has 2 rings (SSSR count). The lowest BCUT2D eigenvalue weighted by Gasteiger charge is -2.25. The number of rotatable bonds is 6. The second-order valence-electron chi connectivity index (χ2n) is 6.05. The van der Waals surface area contributed by atoms with Crippen LogP contribution in [-0.4, -0.2) is 31.3 Å². The summed E-state index contributed by atoms with van der Waals surface area (Å²) in [5.74, 6) is 1.52. The number of nitrogens with zero attached hydrogens (tertiary/aromatic N) is 4. The molecule has 0 aliphatic heterocycles. The Balaban J connectivity index is 2.02. The van der Waals surface area contributed by atoms with Gasteiger partial charge in [-0.25, -0.2) is 4.68 Å². The minimum Gasteiger partial charge on any atom is -0.481 e. The summed E-state index contributed by atoms with van der Waals surface area (Å²) in [5, 5.41) is 21.0. The van der Waals surface area contributed by atoms with Crippen molar-refractivity contribution in [1.82, 2.24) is 20.2 Å². The van der Waals surface area contributed by atoms with Crippen LogP contribution in [0.5, 0.6) is 0 Å². The number of aromatic nitrogens is 4. The molecule has 1 unspecified atom stereocenters. The van der Waals surface area contributed by atoms with Crippen molar-refractivity contribution in [3.63, 3.8) is 0 Å². The number of carbonyl (C=O) groups is 1. The summed E-state index contributed by atoms with van der Waals surface area (Å²) in [6, 6.07) is 0. The minimum atomic E-state index is -0.752. The van der Waals surface area contributed by atoms with E-state index in [0.29, 0.717) is 12.5 Å². The molecule has 1 aliphatic rings. The normalized spacial score (nSPS) is 24.5.